The average Bonchev–Trinajstić information content (AvgIpc) is 2.61. The van der Waals surface area contributed by atoms with Gasteiger partial charge in [-0.25, -0.2) is 9.97 Å². The zero-order valence-electron chi connectivity index (χ0n) is 14.0. The predicted octanol–water partition coefficient (Wildman–Crippen LogP) is 3.41. The van der Waals surface area contributed by atoms with Crippen LogP contribution in [0, 0.1) is 0 Å². The molecule has 0 saturated carbocycles. The first kappa shape index (κ1) is 16.1. The maximum atomic E-state index is 10.2. The molecule has 1 N–H and O–H groups in total. The van der Waals surface area contributed by atoms with Crippen molar-refractivity contribution in [3.63, 3.8) is 0 Å². The fourth-order valence-corrected chi connectivity index (χ4v) is 3.29. The number of hydrogen-bond acceptors (Lipinski definition) is 5. The standard InChI is InChI=1S/C19H19ClN4O/c1-23-8-10-24(11-9-23)19-14-7-6-13(20)12-16(14)21-18(22-19)15-4-2-3-5-17(15)25/h2-7,12,25H,8-11H2,1H3. The van der Waals surface area contributed by atoms with Gasteiger partial charge in [0, 0.05) is 36.6 Å². The van der Waals surface area contributed by atoms with Gasteiger partial charge in [0.2, 0.25) is 0 Å². The second-order valence-electron chi connectivity index (χ2n) is 6.34. The molecule has 0 unspecified atom stereocenters. The van der Waals surface area contributed by atoms with E-state index in [4.69, 9.17) is 16.6 Å². The number of aromatic nitrogens is 2. The molecule has 2 aromatic carbocycles. The topological polar surface area (TPSA) is 52.5 Å². The highest BCUT2D eigenvalue weighted by Crippen LogP contribution is 2.32. The molecule has 25 heavy (non-hydrogen) atoms. The number of piperazine rings is 1. The van der Waals surface area contributed by atoms with Crippen LogP contribution in [0.1, 0.15) is 0 Å². The van der Waals surface area contributed by atoms with Crippen molar-refractivity contribution in [1.82, 2.24) is 14.9 Å². The fraction of sp³-hybridized carbons (Fsp3) is 0.263. The summed E-state index contributed by atoms with van der Waals surface area (Å²) in [5.41, 5.74) is 1.41. The van der Waals surface area contributed by atoms with E-state index in [1.54, 1.807) is 12.1 Å². The molecule has 0 aliphatic carbocycles. The smallest absolute Gasteiger partial charge is 0.165 e. The van der Waals surface area contributed by atoms with Crippen molar-refractivity contribution in [2.75, 3.05) is 38.1 Å². The van der Waals surface area contributed by atoms with E-state index in [-0.39, 0.29) is 5.75 Å². The molecule has 1 aliphatic heterocycles. The van der Waals surface area contributed by atoms with Crippen LogP contribution in [0.4, 0.5) is 5.82 Å². The molecule has 1 fully saturated rings. The number of phenolic OH excluding ortho intramolecular Hbond substituents is 1. The van der Waals surface area contributed by atoms with Gasteiger partial charge < -0.3 is 14.9 Å². The van der Waals surface area contributed by atoms with Crippen molar-refractivity contribution >= 4 is 28.3 Å². The lowest BCUT2D eigenvalue weighted by atomic mass is 10.1. The Labute approximate surface area is 151 Å². The summed E-state index contributed by atoms with van der Waals surface area (Å²) < 4.78 is 0. The van der Waals surface area contributed by atoms with Gasteiger partial charge in [0.1, 0.15) is 11.6 Å². The number of phenols is 1. The Morgan fingerprint density at radius 3 is 2.52 bits per heavy atom. The van der Waals surface area contributed by atoms with E-state index in [1.165, 1.54) is 0 Å². The highest BCUT2D eigenvalue weighted by molar-refractivity contribution is 6.31. The Balaban J connectivity index is 1.89. The quantitative estimate of drug-likeness (QED) is 0.764. The minimum atomic E-state index is 0.174. The van der Waals surface area contributed by atoms with Gasteiger partial charge >= 0.3 is 0 Å². The van der Waals surface area contributed by atoms with Crippen LogP contribution in [0.5, 0.6) is 5.75 Å². The monoisotopic (exact) mass is 354 g/mol. The van der Waals surface area contributed by atoms with E-state index in [0.29, 0.717) is 16.4 Å². The molecule has 4 rings (SSSR count). The van der Waals surface area contributed by atoms with Crippen LogP contribution in [0.2, 0.25) is 5.02 Å². The van der Waals surface area contributed by atoms with Gasteiger partial charge in [-0.2, -0.15) is 0 Å². The van der Waals surface area contributed by atoms with E-state index in [2.05, 4.69) is 21.8 Å². The van der Waals surface area contributed by atoms with Crippen molar-refractivity contribution in [2.45, 2.75) is 0 Å². The lowest BCUT2D eigenvalue weighted by molar-refractivity contribution is 0.312. The number of aromatic hydroxyl groups is 1. The molecule has 1 aromatic heterocycles. The highest BCUT2D eigenvalue weighted by atomic mass is 35.5. The molecule has 1 aliphatic rings. The Morgan fingerprint density at radius 2 is 1.76 bits per heavy atom. The lowest BCUT2D eigenvalue weighted by Crippen LogP contribution is -2.45. The van der Waals surface area contributed by atoms with Crippen LogP contribution in [0.25, 0.3) is 22.3 Å². The summed E-state index contributed by atoms with van der Waals surface area (Å²) in [7, 11) is 2.13. The number of likely N-dealkylation sites (N-methyl/N-ethyl adjacent to an activating group) is 1. The van der Waals surface area contributed by atoms with Gasteiger partial charge in [-0.3, -0.25) is 0 Å². The maximum absolute atomic E-state index is 10.2. The third-order valence-corrected chi connectivity index (χ3v) is 4.82. The Morgan fingerprint density at radius 1 is 1.00 bits per heavy atom. The Kier molecular flexibility index (Phi) is 4.19. The summed E-state index contributed by atoms with van der Waals surface area (Å²) in [6, 6.07) is 12.8. The number of hydrogen-bond donors (Lipinski definition) is 1. The molecular weight excluding hydrogens is 336 g/mol. The number of halogens is 1. The highest BCUT2D eigenvalue weighted by Gasteiger charge is 2.20. The van der Waals surface area contributed by atoms with Crippen LogP contribution in [-0.4, -0.2) is 53.2 Å². The Bertz CT molecular complexity index is 922. The van der Waals surface area contributed by atoms with Gasteiger partial charge in [-0.05, 0) is 37.4 Å². The molecule has 1 saturated heterocycles. The molecule has 3 aromatic rings. The van der Waals surface area contributed by atoms with E-state index < -0.39 is 0 Å². The number of benzene rings is 2. The first-order chi connectivity index (χ1) is 12.1. The zero-order valence-corrected chi connectivity index (χ0v) is 14.7. The van der Waals surface area contributed by atoms with Crippen molar-refractivity contribution < 1.29 is 5.11 Å². The Hall–Kier alpha value is -2.37. The van der Waals surface area contributed by atoms with E-state index >= 15 is 0 Å². The lowest BCUT2D eigenvalue weighted by Gasteiger charge is -2.33. The first-order valence-corrected chi connectivity index (χ1v) is 8.69. The van der Waals surface area contributed by atoms with Gasteiger partial charge in [0.05, 0.1) is 11.1 Å². The molecule has 0 radical (unpaired) electrons. The fourth-order valence-electron chi connectivity index (χ4n) is 3.13. The summed E-state index contributed by atoms with van der Waals surface area (Å²) in [5.74, 6) is 1.59. The van der Waals surface area contributed by atoms with Gasteiger partial charge in [0.15, 0.2) is 5.82 Å². The van der Waals surface area contributed by atoms with Gasteiger partial charge in [0.25, 0.3) is 0 Å². The molecule has 0 spiro atoms. The minimum absolute atomic E-state index is 0.174. The van der Waals surface area contributed by atoms with Crippen molar-refractivity contribution in [3.8, 4) is 17.1 Å². The van der Waals surface area contributed by atoms with Crippen LogP contribution in [-0.2, 0) is 0 Å². The molecular formula is C19H19ClN4O. The molecule has 0 atom stereocenters. The van der Waals surface area contributed by atoms with E-state index in [0.717, 1.165) is 42.9 Å². The summed E-state index contributed by atoms with van der Waals surface area (Å²) in [6.45, 7) is 3.80. The molecule has 128 valence electrons. The third-order valence-electron chi connectivity index (χ3n) is 4.59. The van der Waals surface area contributed by atoms with Gasteiger partial charge in [-0.15, -0.1) is 0 Å². The van der Waals surface area contributed by atoms with Crippen LogP contribution in [0.3, 0.4) is 0 Å². The number of para-hydroxylation sites is 1. The summed E-state index contributed by atoms with van der Waals surface area (Å²) in [5, 5.41) is 11.8. The summed E-state index contributed by atoms with van der Waals surface area (Å²) in [4.78, 5) is 14.0. The number of nitrogens with zero attached hydrogens (tertiary/aromatic N) is 4. The SMILES string of the molecule is CN1CCN(c2nc(-c3ccccc3O)nc3cc(Cl)ccc23)CC1. The number of anilines is 1. The summed E-state index contributed by atoms with van der Waals surface area (Å²) in [6.07, 6.45) is 0. The van der Waals surface area contributed by atoms with Crippen molar-refractivity contribution in [2.24, 2.45) is 0 Å². The first-order valence-electron chi connectivity index (χ1n) is 8.31. The van der Waals surface area contributed by atoms with Crippen molar-refractivity contribution in [3.05, 3.63) is 47.5 Å². The summed E-state index contributed by atoms with van der Waals surface area (Å²) >= 11 is 6.18. The van der Waals surface area contributed by atoms with Crippen LogP contribution in [0.15, 0.2) is 42.5 Å². The molecule has 6 heteroatoms. The van der Waals surface area contributed by atoms with Crippen LogP contribution >= 0.6 is 11.6 Å². The molecule has 0 bridgehead atoms. The minimum Gasteiger partial charge on any atom is -0.507 e. The van der Waals surface area contributed by atoms with Crippen LogP contribution < -0.4 is 4.90 Å². The van der Waals surface area contributed by atoms with Gasteiger partial charge in [-0.1, -0.05) is 23.7 Å². The maximum Gasteiger partial charge on any atom is 0.165 e. The second-order valence-corrected chi connectivity index (χ2v) is 6.78. The average molecular weight is 355 g/mol. The molecule has 5 nitrogen and oxygen atoms in total. The van der Waals surface area contributed by atoms with E-state index in [9.17, 15) is 5.11 Å². The van der Waals surface area contributed by atoms with Crippen molar-refractivity contribution in [1.29, 1.82) is 0 Å². The normalized spacial score (nSPS) is 15.7. The predicted molar refractivity (Wildman–Crippen MR) is 101 cm³/mol. The zero-order chi connectivity index (χ0) is 17.4. The number of fused-ring (bicyclic) bond motifs is 1. The molecule has 0 amide bonds. The largest absolute Gasteiger partial charge is 0.507 e. The number of rotatable bonds is 2. The molecule has 2 heterocycles. The third kappa shape index (κ3) is 3.13. The van der Waals surface area contributed by atoms with E-state index in [1.807, 2.05) is 30.3 Å². The second kappa shape index (κ2) is 6.50.